The first-order valence-electron chi connectivity index (χ1n) is 8.66. The third kappa shape index (κ3) is 6.66. The molecule has 0 spiro atoms. The first-order chi connectivity index (χ1) is 13.0. The van der Waals surface area contributed by atoms with E-state index < -0.39 is 0 Å². The minimum absolute atomic E-state index is 0.329. The van der Waals surface area contributed by atoms with E-state index in [4.69, 9.17) is 25.8 Å². The summed E-state index contributed by atoms with van der Waals surface area (Å²) in [6.45, 7) is 5.63. The fourth-order valence-corrected chi connectivity index (χ4v) is 2.69. The molecule has 0 aliphatic carbocycles. The van der Waals surface area contributed by atoms with Crippen molar-refractivity contribution in [3.05, 3.63) is 52.5 Å². The number of para-hydroxylation sites is 1. The topological polar surface area (TPSA) is 68.8 Å². The van der Waals surface area contributed by atoms with Gasteiger partial charge in [-0.05, 0) is 43.2 Å². The minimum atomic E-state index is -0.329. The smallest absolute Gasteiger partial charge is 0.319 e. The second-order valence-electron chi connectivity index (χ2n) is 5.94. The molecule has 0 saturated carbocycles. The van der Waals surface area contributed by atoms with Crippen LogP contribution < -0.4 is 20.1 Å². The lowest BCUT2D eigenvalue weighted by Crippen LogP contribution is -2.32. The molecule has 2 aromatic carbocycles. The molecule has 7 heteroatoms. The van der Waals surface area contributed by atoms with Gasteiger partial charge in [-0.3, -0.25) is 0 Å². The molecule has 2 rings (SSSR count). The number of benzene rings is 2. The lowest BCUT2D eigenvalue weighted by molar-refractivity contribution is 0.146. The molecule has 0 aliphatic rings. The summed E-state index contributed by atoms with van der Waals surface area (Å²) in [5, 5.41) is 5.90. The Balaban J connectivity index is 1.76. The molecule has 0 unspecified atom stereocenters. The molecule has 6 nitrogen and oxygen atoms in total. The van der Waals surface area contributed by atoms with E-state index in [1.807, 2.05) is 32.0 Å². The zero-order valence-electron chi connectivity index (χ0n) is 15.8. The Hall–Kier alpha value is -2.44. The van der Waals surface area contributed by atoms with Gasteiger partial charge in [-0.2, -0.15) is 0 Å². The number of methoxy groups -OCH3 is 1. The Bertz CT molecular complexity index is 747. The van der Waals surface area contributed by atoms with Crippen LogP contribution in [0.4, 0.5) is 10.5 Å². The number of carbonyl (C=O) groups is 1. The molecule has 2 N–H and O–H groups in total. The molecule has 2 amide bonds. The summed E-state index contributed by atoms with van der Waals surface area (Å²) >= 11 is 6.16. The molecule has 0 aliphatic heterocycles. The van der Waals surface area contributed by atoms with Crippen molar-refractivity contribution in [2.75, 3.05) is 38.8 Å². The maximum absolute atomic E-state index is 12.0. The average molecular weight is 393 g/mol. The van der Waals surface area contributed by atoms with E-state index in [1.165, 1.54) is 0 Å². The standard InChI is InChI=1S/C20H25ClN2O4/c1-14-5-4-6-15(2)19(14)27-10-9-22-20(24)23-16-7-8-18(17(21)13-16)26-12-11-25-3/h4-8,13H,9-12H2,1-3H3,(H2,22,23,24). The van der Waals surface area contributed by atoms with E-state index in [9.17, 15) is 4.79 Å². The van der Waals surface area contributed by atoms with Gasteiger partial charge < -0.3 is 24.8 Å². The normalized spacial score (nSPS) is 10.4. The van der Waals surface area contributed by atoms with Crippen LogP contribution in [0.5, 0.6) is 11.5 Å². The zero-order valence-corrected chi connectivity index (χ0v) is 16.6. The van der Waals surface area contributed by atoms with Gasteiger partial charge in [-0.25, -0.2) is 4.79 Å². The number of urea groups is 1. The summed E-state index contributed by atoms with van der Waals surface area (Å²) in [5.74, 6) is 1.40. The van der Waals surface area contributed by atoms with Gasteiger partial charge in [-0.15, -0.1) is 0 Å². The summed E-state index contributed by atoms with van der Waals surface area (Å²) in [6.07, 6.45) is 0. The Morgan fingerprint density at radius 1 is 1.04 bits per heavy atom. The van der Waals surface area contributed by atoms with Gasteiger partial charge in [0.1, 0.15) is 24.7 Å². The lowest BCUT2D eigenvalue weighted by atomic mass is 10.1. The molecule has 0 radical (unpaired) electrons. The van der Waals surface area contributed by atoms with E-state index in [0.29, 0.717) is 42.8 Å². The zero-order chi connectivity index (χ0) is 19.6. The summed E-state index contributed by atoms with van der Waals surface area (Å²) < 4.78 is 16.2. The van der Waals surface area contributed by atoms with Gasteiger partial charge in [0, 0.05) is 12.8 Å². The molecular formula is C20H25ClN2O4. The van der Waals surface area contributed by atoms with Crippen LogP contribution in [0.2, 0.25) is 5.02 Å². The molecule has 0 heterocycles. The minimum Gasteiger partial charge on any atom is -0.491 e. The van der Waals surface area contributed by atoms with E-state index in [0.717, 1.165) is 16.9 Å². The maximum Gasteiger partial charge on any atom is 0.319 e. The number of hydrogen-bond acceptors (Lipinski definition) is 4. The van der Waals surface area contributed by atoms with E-state index in [2.05, 4.69) is 10.6 Å². The lowest BCUT2D eigenvalue weighted by Gasteiger charge is -2.13. The number of aryl methyl sites for hydroxylation is 2. The van der Waals surface area contributed by atoms with Gasteiger partial charge >= 0.3 is 6.03 Å². The van der Waals surface area contributed by atoms with E-state index in [-0.39, 0.29) is 6.03 Å². The van der Waals surface area contributed by atoms with Crippen LogP contribution in [0.3, 0.4) is 0 Å². The van der Waals surface area contributed by atoms with Crippen molar-refractivity contribution < 1.29 is 19.0 Å². The molecule has 2 aromatic rings. The van der Waals surface area contributed by atoms with Crippen LogP contribution in [0.25, 0.3) is 0 Å². The van der Waals surface area contributed by atoms with Crippen molar-refractivity contribution in [2.45, 2.75) is 13.8 Å². The highest BCUT2D eigenvalue weighted by Gasteiger charge is 2.07. The van der Waals surface area contributed by atoms with Crippen LogP contribution in [0.1, 0.15) is 11.1 Å². The van der Waals surface area contributed by atoms with Crippen molar-refractivity contribution in [2.24, 2.45) is 0 Å². The molecule has 0 saturated heterocycles. The Kier molecular flexibility index (Phi) is 8.23. The number of amides is 2. The highest BCUT2D eigenvalue weighted by Crippen LogP contribution is 2.27. The van der Waals surface area contributed by atoms with Crippen LogP contribution in [0, 0.1) is 13.8 Å². The van der Waals surface area contributed by atoms with Crippen LogP contribution >= 0.6 is 11.6 Å². The van der Waals surface area contributed by atoms with Crippen molar-refractivity contribution in [1.29, 1.82) is 0 Å². The van der Waals surface area contributed by atoms with Gasteiger partial charge in [-0.1, -0.05) is 29.8 Å². The second kappa shape index (κ2) is 10.6. The summed E-state index contributed by atoms with van der Waals surface area (Å²) in [4.78, 5) is 12.0. The monoisotopic (exact) mass is 392 g/mol. The van der Waals surface area contributed by atoms with Crippen molar-refractivity contribution in [3.8, 4) is 11.5 Å². The summed E-state index contributed by atoms with van der Waals surface area (Å²) in [6, 6.07) is 10.7. The number of carbonyl (C=O) groups excluding carboxylic acids is 1. The quantitative estimate of drug-likeness (QED) is 0.628. The Morgan fingerprint density at radius 2 is 1.78 bits per heavy atom. The van der Waals surface area contributed by atoms with Crippen molar-refractivity contribution in [1.82, 2.24) is 5.32 Å². The van der Waals surface area contributed by atoms with Gasteiger partial charge in [0.15, 0.2) is 0 Å². The van der Waals surface area contributed by atoms with Crippen molar-refractivity contribution in [3.63, 3.8) is 0 Å². The molecule has 0 atom stereocenters. The summed E-state index contributed by atoms with van der Waals surface area (Å²) in [5.41, 5.74) is 2.72. The van der Waals surface area contributed by atoms with Crippen LogP contribution in [0.15, 0.2) is 36.4 Å². The molecule has 146 valence electrons. The predicted octanol–water partition coefficient (Wildman–Crippen LogP) is 4.18. The number of halogens is 1. The maximum atomic E-state index is 12.0. The highest BCUT2D eigenvalue weighted by atomic mass is 35.5. The number of hydrogen-bond donors (Lipinski definition) is 2. The number of ether oxygens (including phenoxy) is 3. The largest absolute Gasteiger partial charge is 0.491 e. The Morgan fingerprint density at radius 3 is 2.44 bits per heavy atom. The van der Waals surface area contributed by atoms with Crippen LogP contribution in [-0.4, -0.2) is 39.5 Å². The number of rotatable bonds is 9. The second-order valence-corrected chi connectivity index (χ2v) is 6.34. The van der Waals surface area contributed by atoms with Gasteiger partial charge in [0.2, 0.25) is 0 Å². The first-order valence-corrected chi connectivity index (χ1v) is 9.04. The average Bonchev–Trinajstić information content (AvgIpc) is 2.62. The molecule has 0 bridgehead atoms. The molecule has 0 aromatic heterocycles. The molecular weight excluding hydrogens is 368 g/mol. The fraction of sp³-hybridized carbons (Fsp3) is 0.350. The van der Waals surface area contributed by atoms with E-state index in [1.54, 1.807) is 25.3 Å². The third-order valence-electron chi connectivity index (χ3n) is 3.78. The third-order valence-corrected chi connectivity index (χ3v) is 4.07. The first kappa shape index (κ1) is 20.9. The van der Waals surface area contributed by atoms with Gasteiger partial charge in [0.05, 0.1) is 18.2 Å². The summed E-state index contributed by atoms with van der Waals surface area (Å²) in [7, 11) is 1.60. The molecule has 0 fully saturated rings. The predicted molar refractivity (Wildman–Crippen MR) is 107 cm³/mol. The SMILES string of the molecule is COCCOc1ccc(NC(=O)NCCOc2c(C)cccc2C)cc1Cl. The fourth-order valence-electron chi connectivity index (χ4n) is 2.45. The van der Waals surface area contributed by atoms with E-state index >= 15 is 0 Å². The van der Waals surface area contributed by atoms with Crippen LogP contribution in [-0.2, 0) is 4.74 Å². The number of anilines is 1. The molecule has 27 heavy (non-hydrogen) atoms. The van der Waals surface area contributed by atoms with Crippen molar-refractivity contribution >= 4 is 23.3 Å². The highest BCUT2D eigenvalue weighted by molar-refractivity contribution is 6.32. The number of nitrogens with one attached hydrogen (secondary N) is 2. The van der Waals surface area contributed by atoms with Gasteiger partial charge in [0.25, 0.3) is 0 Å². The Labute approximate surface area is 164 Å².